The number of nitrogens with zero attached hydrogens (tertiary/aromatic N) is 3. The highest BCUT2D eigenvalue weighted by atomic mass is 32.1. The molecule has 3 aromatic heterocycles. The second-order valence-corrected chi connectivity index (χ2v) is 15.1. The lowest BCUT2D eigenvalue weighted by Gasteiger charge is -2.16. The smallest absolute Gasteiger partial charge is 0.235 e. The lowest BCUT2D eigenvalue weighted by molar-refractivity contribution is 1.02. The Morgan fingerprint density at radius 2 is 1.06 bits per heavy atom. The summed E-state index contributed by atoms with van der Waals surface area (Å²) in [4.78, 5) is 10.7. The van der Waals surface area contributed by atoms with Gasteiger partial charge < -0.3 is 0 Å². The van der Waals surface area contributed by atoms with Gasteiger partial charge in [-0.25, -0.2) is 9.97 Å². The third-order valence-electron chi connectivity index (χ3n) is 11.2. The van der Waals surface area contributed by atoms with Gasteiger partial charge in [0.2, 0.25) is 5.95 Å². The summed E-state index contributed by atoms with van der Waals surface area (Å²) < 4.78 is 4.95. The summed E-state index contributed by atoms with van der Waals surface area (Å²) in [5.74, 6) is 0.667. The molecule has 12 rings (SSSR count). The zero-order valence-electron chi connectivity index (χ0n) is 29.0. The van der Waals surface area contributed by atoms with E-state index in [1.165, 1.54) is 74.4 Å². The minimum absolute atomic E-state index is 0.667. The van der Waals surface area contributed by atoms with Crippen LogP contribution < -0.4 is 0 Å². The van der Waals surface area contributed by atoms with E-state index < -0.39 is 0 Å². The molecular formula is C50H29N3S. The van der Waals surface area contributed by atoms with Crippen molar-refractivity contribution < 1.29 is 0 Å². The van der Waals surface area contributed by atoms with Gasteiger partial charge in [-0.05, 0) is 51.4 Å². The first-order valence-electron chi connectivity index (χ1n) is 18.3. The molecule has 0 amide bonds. The Kier molecular flexibility index (Phi) is 6.21. The number of para-hydroxylation sites is 2. The molecule has 0 saturated carbocycles. The van der Waals surface area contributed by atoms with Crippen molar-refractivity contribution in [3.8, 4) is 28.3 Å². The summed E-state index contributed by atoms with van der Waals surface area (Å²) in [5.41, 5.74) is 7.66. The molecule has 9 aromatic carbocycles. The standard InChI is InChI=1S/C50H29N3S/c1-2-15-30(16-3-1)47-38-22-8-11-26-42(38)51-50(52-47)53-43-27-12-9-23-39(43)46-45-34-20-6-4-17-31(34)40(29-41(45)32-18-5-7-21-35(32)48(46)53)37-25-14-24-36-33-19-10-13-28-44(33)54-49(36)37/h1-29H. The molecule has 3 heterocycles. The van der Waals surface area contributed by atoms with Crippen molar-refractivity contribution in [1.82, 2.24) is 14.5 Å². The van der Waals surface area contributed by atoms with Gasteiger partial charge >= 0.3 is 0 Å². The Balaban J connectivity index is 1.26. The zero-order chi connectivity index (χ0) is 35.3. The molecule has 0 unspecified atom stereocenters. The summed E-state index contributed by atoms with van der Waals surface area (Å²) in [7, 11) is 0. The number of aromatic nitrogens is 3. The highest BCUT2D eigenvalue weighted by Crippen LogP contribution is 2.48. The molecule has 0 spiro atoms. The fraction of sp³-hybridized carbons (Fsp3) is 0. The van der Waals surface area contributed by atoms with Gasteiger partial charge in [-0.15, -0.1) is 11.3 Å². The molecule has 0 bridgehead atoms. The Bertz CT molecular complexity index is 3500. The number of benzene rings is 9. The first-order chi connectivity index (χ1) is 26.8. The lowest BCUT2D eigenvalue weighted by Crippen LogP contribution is -2.03. The largest absolute Gasteiger partial charge is 0.277 e. The van der Waals surface area contributed by atoms with Crippen LogP contribution in [0.5, 0.6) is 0 Å². The highest BCUT2D eigenvalue weighted by molar-refractivity contribution is 7.26. The molecule has 54 heavy (non-hydrogen) atoms. The van der Waals surface area contributed by atoms with Crippen molar-refractivity contribution in [2.75, 3.05) is 0 Å². The maximum Gasteiger partial charge on any atom is 0.235 e. The fourth-order valence-corrected chi connectivity index (χ4v) is 10.1. The van der Waals surface area contributed by atoms with E-state index in [0.29, 0.717) is 5.95 Å². The molecule has 0 fully saturated rings. The number of rotatable bonds is 3. The van der Waals surface area contributed by atoms with Gasteiger partial charge in [-0.3, -0.25) is 4.57 Å². The molecule has 12 aromatic rings. The topological polar surface area (TPSA) is 30.7 Å². The van der Waals surface area contributed by atoms with Crippen LogP contribution >= 0.6 is 11.3 Å². The van der Waals surface area contributed by atoms with E-state index in [2.05, 4.69) is 180 Å². The van der Waals surface area contributed by atoms with Crippen LogP contribution in [0.2, 0.25) is 0 Å². The molecule has 250 valence electrons. The Hall–Kier alpha value is -6.88. The molecule has 0 aliphatic rings. The lowest BCUT2D eigenvalue weighted by atomic mass is 9.88. The molecular weight excluding hydrogens is 675 g/mol. The van der Waals surface area contributed by atoms with Crippen molar-refractivity contribution in [1.29, 1.82) is 0 Å². The third-order valence-corrected chi connectivity index (χ3v) is 12.4. The van der Waals surface area contributed by atoms with Gasteiger partial charge in [0.25, 0.3) is 0 Å². The van der Waals surface area contributed by atoms with Crippen LogP contribution in [0.15, 0.2) is 176 Å². The monoisotopic (exact) mass is 703 g/mol. The van der Waals surface area contributed by atoms with Gasteiger partial charge in [-0.2, -0.15) is 0 Å². The molecule has 4 heteroatoms. The van der Waals surface area contributed by atoms with Crippen LogP contribution in [-0.2, 0) is 0 Å². The fourth-order valence-electron chi connectivity index (χ4n) is 8.90. The van der Waals surface area contributed by atoms with E-state index in [4.69, 9.17) is 9.97 Å². The second-order valence-electron chi connectivity index (χ2n) is 14.0. The molecule has 0 radical (unpaired) electrons. The maximum absolute atomic E-state index is 5.42. The zero-order valence-corrected chi connectivity index (χ0v) is 29.8. The number of hydrogen-bond donors (Lipinski definition) is 0. The van der Waals surface area contributed by atoms with Crippen molar-refractivity contribution in [2.45, 2.75) is 0 Å². The third kappa shape index (κ3) is 4.11. The van der Waals surface area contributed by atoms with Crippen molar-refractivity contribution in [3.63, 3.8) is 0 Å². The van der Waals surface area contributed by atoms with Gasteiger partial charge in [0.1, 0.15) is 0 Å². The van der Waals surface area contributed by atoms with E-state index in [1.807, 2.05) is 11.3 Å². The predicted molar refractivity (Wildman–Crippen MR) is 230 cm³/mol. The quantitative estimate of drug-likeness (QED) is 0.172. The molecule has 0 N–H and O–H groups in total. The van der Waals surface area contributed by atoms with Gasteiger partial charge in [-0.1, -0.05) is 152 Å². The van der Waals surface area contributed by atoms with E-state index in [0.717, 1.165) is 33.2 Å². The number of hydrogen-bond acceptors (Lipinski definition) is 3. The number of fused-ring (bicyclic) bond motifs is 14. The van der Waals surface area contributed by atoms with Crippen molar-refractivity contribution in [3.05, 3.63) is 176 Å². The van der Waals surface area contributed by atoms with Gasteiger partial charge in [0.05, 0.1) is 22.2 Å². The van der Waals surface area contributed by atoms with E-state index in [9.17, 15) is 0 Å². The summed E-state index contributed by atoms with van der Waals surface area (Å²) >= 11 is 1.89. The second kappa shape index (κ2) is 11.3. The summed E-state index contributed by atoms with van der Waals surface area (Å²) in [6, 6.07) is 63.5. The normalized spacial score (nSPS) is 12.1. The van der Waals surface area contributed by atoms with Crippen molar-refractivity contribution in [2.24, 2.45) is 0 Å². The van der Waals surface area contributed by atoms with E-state index in [1.54, 1.807) is 0 Å². The SMILES string of the molecule is c1ccc(-c2nc(-n3c4ccccc4c4c5c6ccccc6c(-c6cccc7c6sc6ccccc67)cc5c5ccccc5c43)nc3ccccc23)cc1. The van der Waals surface area contributed by atoms with Gasteiger partial charge in [0.15, 0.2) is 0 Å². The molecule has 0 saturated heterocycles. The first kappa shape index (κ1) is 29.7. The van der Waals surface area contributed by atoms with Gasteiger partial charge in [0, 0.05) is 58.2 Å². The minimum Gasteiger partial charge on any atom is -0.277 e. The highest BCUT2D eigenvalue weighted by Gasteiger charge is 2.24. The molecule has 0 aliphatic heterocycles. The van der Waals surface area contributed by atoms with E-state index in [-0.39, 0.29) is 0 Å². The molecule has 3 nitrogen and oxygen atoms in total. The Morgan fingerprint density at radius 1 is 0.407 bits per heavy atom. The van der Waals surface area contributed by atoms with Crippen LogP contribution in [-0.4, -0.2) is 14.5 Å². The maximum atomic E-state index is 5.42. The average Bonchev–Trinajstić information content (AvgIpc) is 3.80. The van der Waals surface area contributed by atoms with Crippen LogP contribution in [0.25, 0.3) is 114 Å². The van der Waals surface area contributed by atoms with Crippen LogP contribution in [0.4, 0.5) is 0 Å². The van der Waals surface area contributed by atoms with Crippen LogP contribution in [0.1, 0.15) is 0 Å². The summed E-state index contributed by atoms with van der Waals surface area (Å²) in [6.07, 6.45) is 0. The average molecular weight is 704 g/mol. The minimum atomic E-state index is 0.667. The summed E-state index contributed by atoms with van der Waals surface area (Å²) in [5, 5.41) is 13.5. The Labute approximate surface area is 314 Å². The number of thiophene rings is 1. The molecule has 0 aliphatic carbocycles. The summed E-state index contributed by atoms with van der Waals surface area (Å²) in [6.45, 7) is 0. The van der Waals surface area contributed by atoms with Crippen LogP contribution in [0, 0.1) is 0 Å². The predicted octanol–water partition coefficient (Wildman–Crippen LogP) is 13.9. The first-order valence-corrected chi connectivity index (χ1v) is 19.2. The van der Waals surface area contributed by atoms with E-state index >= 15 is 0 Å². The Morgan fingerprint density at radius 3 is 1.91 bits per heavy atom. The van der Waals surface area contributed by atoms with Crippen LogP contribution in [0.3, 0.4) is 0 Å². The van der Waals surface area contributed by atoms with Crippen molar-refractivity contribution >= 4 is 96.5 Å². The molecule has 0 atom stereocenters.